The lowest BCUT2D eigenvalue weighted by atomic mass is 10.1. The first-order chi connectivity index (χ1) is 12.9. The molecule has 1 fully saturated rings. The fraction of sp³-hybridized carbons (Fsp3) is 0.562. The molecule has 2 unspecified atom stereocenters. The highest BCUT2D eigenvalue weighted by Gasteiger charge is 2.30. The van der Waals surface area contributed by atoms with E-state index in [0.29, 0.717) is 5.52 Å². The molecular formula is C16H23N4O6P. The van der Waals surface area contributed by atoms with Crippen LogP contribution in [0.15, 0.2) is 18.5 Å². The molecule has 1 aliphatic heterocycles. The Bertz CT molecular complexity index is 864. The van der Waals surface area contributed by atoms with Gasteiger partial charge < -0.3 is 19.3 Å². The molecule has 0 bridgehead atoms. The van der Waals surface area contributed by atoms with Crippen molar-refractivity contribution in [3.05, 3.63) is 29.6 Å². The highest BCUT2D eigenvalue weighted by molar-refractivity contribution is 7.39. The van der Waals surface area contributed by atoms with Crippen LogP contribution < -0.4 is 5.49 Å². The number of hydrogen-bond acceptors (Lipinski definition) is 8. The smallest absolute Gasteiger partial charge is 0.328 e. The number of nitrogens with one attached hydrogen (secondary N) is 1. The Kier molecular flexibility index (Phi) is 6.23. The van der Waals surface area contributed by atoms with E-state index in [1.54, 1.807) is 24.4 Å². The fourth-order valence-corrected chi connectivity index (χ4v) is 3.14. The second kappa shape index (κ2) is 8.45. The summed E-state index contributed by atoms with van der Waals surface area (Å²) in [4.78, 5) is 29.3. The van der Waals surface area contributed by atoms with E-state index in [9.17, 15) is 4.79 Å². The van der Waals surface area contributed by atoms with E-state index >= 15 is 0 Å². The highest BCUT2D eigenvalue weighted by atomic mass is 31.2. The van der Waals surface area contributed by atoms with Crippen molar-refractivity contribution in [3.63, 3.8) is 0 Å². The lowest BCUT2D eigenvalue weighted by Gasteiger charge is -2.15. The molecule has 0 aliphatic carbocycles. The average Bonchev–Trinajstić information content (AvgIpc) is 3.25. The highest BCUT2D eigenvalue weighted by Crippen LogP contribution is 2.33. The van der Waals surface area contributed by atoms with E-state index in [0.717, 1.165) is 18.5 Å². The van der Waals surface area contributed by atoms with E-state index in [2.05, 4.69) is 5.10 Å². The topological polar surface area (TPSA) is 131 Å². The summed E-state index contributed by atoms with van der Waals surface area (Å²) in [5.74, 6) is -0.405. The molecule has 0 radical (unpaired) electrons. The van der Waals surface area contributed by atoms with Crippen molar-refractivity contribution in [1.82, 2.24) is 14.2 Å². The zero-order valence-corrected chi connectivity index (χ0v) is 16.0. The molecule has 148 valence electrons. The van der Waals surface area contributed by atoms with E-state index in [4.69, 9.17) is 29.2 Å². The standard InChI is InChI=1S/C16H23N4O6P/c1-10(2)16(21)24-7-11-3-6-14(26-11)12-4-5-13-15(17)19(8-18-20(12)13)9-25-27(22)23/h4-5,8,10-11,14,17,22-23H,3,6-7,9H2,1-2H3. The molecule has 1 saturated heterocycles. The number of carbonyl (C=O) groups excluding carboxylic acids is 1. The largest absolute Gasteiger partial charge is 0.463 e. The Hall–Kier alpha value is -1.84. The van der Waals surface area contributed by atoms with Gasteiger partial charge in [-0.2, -0.15) is 5.10 Å². The van der Waals surface area contributed by atoms with Crippen molar-refractivity contribution in [2.24, 2.45) is 5.92 Å². The average molecular weight is 398 g/mol. The summed E-state index contributed by atoms with van der Waals surface area (Å²) >= 11 is 0. The molecule has 0 amide bonds. The van der Waals surface area contributed by atoms with Crippen LogP contribution in [0.4, 0.5) is 0 Å². The van der Waals surface area contributed by atoms with Gasteiger partial charge in [-0.1, -0.05) is 13.8 Å². The molecular weight excluding hydrogens is 375 g/mol. The summed E-state index contributed by atoms with van der Waals surface area (Å²) in [7, 11) is -2.49. The van der Waals surface area contributed by atoms with Gasteiger partial charge >= 0.3 is 14.6 Å². The molecule has 1 aliphatic rings. The van der Waals surface area contributed by atoms with Crippen LogP contribution in [0.25, 0.3) is 5.52 Å². The molecule has 27 heavy (non-hydrogen) atoms. The van der Waals surface area contributed by atoms with Crippen molar-refractivity contribution in [2.75, 3.05) is 6.61 Å². The van der Waals surface area contributed by atoms with Crippen LogP contribution in [0.1, 0.15) is 38.5 Å². The summed E-state index contributed by atoms with van der Waals surface area (Å²) < 4.78 is 19.0. The summed E-state index contributed by atoms with van der Waals surface area (Å²) in [5, 5.41) is 12.5. The van der Waals surface area contributed by atoms with Gasteiger partial charge in [0.15, 0.2) is 5.49 Å². The van der Waals surface area contributed by atoms with Crippen molar-refractivity contribution >= 4 is 20.1 Å². The third kappa shape index (κ3) is 4.53. The minimum Gasteiger partial charge on any atom is -0.463 e. The van der Waals surface area contributed by atoms with Crippen molar-refractivity contribution in [1.29, 1.82) is 5.41 Å². The maximum atomic E-state index is 11.6. The van der Waals surface area contributed by atoms with Crippen molar-refractivity contribution < 1.29 is 28.6 Å². The first-order valence-corrected chi connectivity index (χ1v) is 9.78. The Morgan fingerprint density at radius 2 is 2.22 bits per heavy atom. The van der Waals surface area contributed by atoms with Gasteiger partial charge in [-0.15, -0.1) is 0 Å². The van der Waals surface area contributed by atoms with Crippen LogP contribution >= 0.6 is 8.60 Å². The molecule has 2 aromatic heterocycles. The van der Waals surface area contributed by atoms with Crippen LogP contribution in [0.5, 0.6) is 0 Å². The number of rotatable bonds is 7. The summed E-state index contributed by atoms with van der Waals surface area (Å²) in [6.45, 7) is 3.63. The van der Waals surface area contributed by atoms with Crippen molar-refractivity contribution in [3.8, 4) is 0 Å². The number of ether oxygens (including phenoxy) is 2. The monoisotopic (exact) mass is 398 g/mol. The second-order valence-electron chi connectivity index (χ2n) is 6.62. The molecule has 3 heterocycles. The van der Waals surface area contributed by atoms with E-state index in [1.165, 1.54) is 10.9 Å². The number of aromatic nitrogens is 3. The van der Waals surface area contributed by atoms with E-state index < -0.39 is 8.60 Å². The summed E-state index contributed by atoms with van der Waals surface area (Å²) in [5.41, 5.74) is 1.50. The Balaban J connectivity index is 1.70. The molecule has 11 heteroatoms. The predicted octanol–water partition coefficient (Wildman–Crippen LogP) is 1.22. The van der Waals surface area contributed by atoms with Crippen molar-refractivity contribution in [2.45, 2.75) is 45.6 Å². The van der Waals surface area contributed by atoms with Crippen LogP contribution in [-0.4, -0.2) is 42.6 Å². The molecule has 3 N–H and O–H groups in total. The summed E-state index contributed by atoms with van der Waals surface area (Å²) in [6, 6.07) is 3.61. The quantitative estimate of drug-likeness (QED) is 0.472. The first-order valence-electron chi connectivity index (χ1n) is 8.61. The van der Waals surface area contributed by atoms with Crippen LogP contribution in [0, 0.1) is 11.3 Å². The number of hydrogen-bond donors (Lipinski definition) is 3. The van der Waals surface area contributed by atoms with Gasteiger partial charge in [-0.3, -0.25) is 19.3 Å². The third-order valence-electron chi connectivity index (χ3n) is 4.35. The summed E-state index contributed by atoms with van der Waals surface area (Å²) in [6.07, 6.45) is 2.58. The molecule has 0 spiro atoms. The lowest BCUT2D eigenvalue weighted by molar-refractivity contribution is -0.151. The number of fused-ring (bicyclic) bond motifs is 1. The number of esters is 1. The normalized spacial score (nSPS) is 20.1. The molecule has 10 nitrogen and oxygen atoms in total. The molecule has 3 rings (SSSR count). The fourth-order valence-electron chi connectivity index (χ4n) is 2.91. The number of nitrogens with zero attached hydrogens (tertiary/aromatic N) is 3. The predicted molar refractivity (Wildman–Crippen MR) is 94.1 cm³/mol. The van der Waals surface area contributed by atoms with Gasteiger partial charge in [0.05, 0.1) is 17.7 Å². The van der Waals surface area contributed by atoms with Gasteiger partial charge in [0.2, 0.25) is 0 Å². The molecule has 2 aromatic rings. The zero-order chi connectivity index (χ0) is 19.6. The third-order valence-corrected chi connectivity index (χ3v) is 4.70. The second-order valence-corrected chi connectivity index (χ2v) is 7.39. The minimum atomic E-state index is -2.49. The van der Waals surface area contributed by atoms with Gasteiger partial charge in [-0.05, 0) is 25.0 Å². The van der Waals surface area contributed by atoms with Crippen LogP contribution in [0.3, 0.4) is 0 Å². The van der Waals surface area contributed by atoms with Crippen LogP contribution in [-0.2, 0) is 25.5 Å². The molecule has 0 saturated carbocycles. The van der Waals surface area contributed by atoms with Gasteiger partial charge in [0.25, 0.3) is 0 Å². The Morgan fingerprint density at radius 1 is 1.44 bits per heavy atom. The first kappa shape index (κ1) is 19.9. The lowest BCUT2D eigenvalue weighted by Crippen LogP contribution is -2.24. The van der Waals surface area contributed by atoms with Crippen LogP contribution in [0.2, 0.25) is 0 Å². The zero-order valence-electron chi connectivity index (χ0n) is 15.1. The van der Waals surface area contributed by atoms with Gasteiger partial charge in [-0.25, -0.2) is 4.52 Å². The number of carbonyl (C=O) groups is 1. The van der Waals surface area contributed by atoms with E-state index in [-0.39, 0.29) is 42.9 Å². The Labute approximate surface area is 156 Å². The Morgan fingerprint density at radius 3 is 2.93 bits per heavy atom. The van der Waals surface area contributed by atoms with Gasteiger partial charge in [0, 0.05) is 0 Å². The molecule has 0 aromatic carbocycles. The van der Waals surface area contributed by atoms with E-state index in [1.807, 2.05) is 6.07 Å². The SMILES string of the molecule is CC(C)C(=O)OCC1CCC(c2ccc3c(=N)n(COP(O)O)cnn23)O1. The molecule has 2 atom stereocenters. The minimum absolute atomic E-state index is 0.133. The maximum Gasteiger partial charge on any atom is 0.328 e. The van der Waals surface area contributed by atoms with Gasteiger partial charge in [0.1, 0.15) is 31.3 Å². The maximum absolute atomic E-state index is 11.6.